The van der Waals surface area contributed by atoms with Crippen LogP contribution in [0.2, 0.25) is 0 Å². The molecule has 0 unspecified atom stereocenters. The zero-order chi connectivity index (χ0) is 18.1. The summed E-state index contributed by atoms with van der Waals surface area (Å²) < 4.78 is 10.6. The number of ether oxygens (including phenoxy) is 2. The van der Waals surface area contributed by atoms with E-state index in [0.29, 0.717) is 23.5 Å². The molecule has 0 aromatic heterocycles. The van der Waals surface area contributed by atoms with Gasteiger partial charge in [-0.05, 0) is 49.8 Å². The molecule has 7 nitrogen and oxygen atoms in total. The quantitative estimate of drug-likeness (QED) is 0.460. The predicted octanol–water partition coefficient (Wildman–Crippen LogP) is 2.60. The lowest BCUT2D eigenvalue weighted by Gasteiger charge is -2.18. The van der Waals surface area contributed by atoms with E-state index < -0.39 is 17.8 Å². The van der Waals surface area contributed by atoms with Gasteiger partial charge in [-0.2, -0.15) is 0 Å². The molecule has 0 saturated carbocycles. The van der Waals surface area contributed by atoms with Crippen LogP contribution < -0.4 is 9.47 Å². The highest BCUT2D eigenvalue weighted by molar-refractivity contribution is 6.44. The van der Waals surface area contributed by atoms with Crippen molar-refractivity contribution in [3.63, 3.8) is 0 Å². The van der Waals surface area contributed by atoms with Gasteiger partial charge in [0.1, 0.15) is 0 Å². The molecule has 26 heavy (non-hydrogen) atoms. The van der Waals surface area contributed by atoms with Crippen molar-refractivity contribution in [3.8, 4) is 11.5 Å². The molecule has 0 radical (unpaired) electrons. The highest BCUT2D eigenvalue weighted by Crippen LogP contribution is 2.33. The Bertz CT molecular complexity index is 801. The molecule has 3 aliphatic rings. The Labute approximate surface area is 151 Å². The molecule has 4 amide bonds. The summed E-state index contributed by atoms with van der Waals surface area (Å²) in [7, 11) is 0. The van der Waals surface area contributed by atoms with E-state index in [9.17, 15) is 14.4 Å². The second-order valence-electron chi connectivity index (χ2n) is 6.68. The first-order valence-corrected chi connectivity index (χ1v) is 8.87. The maximum atomic E-state index is 12.6. The van der Waals surface area contributed by atoms with E-state index in [1.807, 2.05) is 0 Å². The second kappa shape index (κ2) is 6.82. The van der Waals surface area contributed by atoms with Gasteiger partial charge >= 0.3 is 17.8 Å². The first-order chi connectivity index (χ1) is 12.6. The van der Waals surface area contributed by atoms with E-state index in [2.05, 4.69) is 6.08 Å². The molecule has 2 aliphatic heterocycles. The van der Waals surface area contributed by atoms with Crippen molar-refractivity contribution in [1.29, 1.82) is 0 Å². The van der Waals surface area contributed by atoms with Crippen molar-refractivity contribution in [1.82, 2.24) is 9.80 Å². The number of carbonyl (C=O) groups is 3. The number of carbonyl (C=O) groups excluding carboxylic acids is 3. The molecule has 0 N–H and O–H groups in total. The zero-order valence-corrected chi connectivity index (χ0v) is 14.4. The van der Waals surface area contributed by atoms with Gasteiger partial charge in [0.2, 0.25) is 6.79 Å². The molecule has 0 atom stereocenters. The number of fused-ring (bicyclic) bond motifs is 1. The van der Waals surface area contributed by atoms with Crippen LogP contribution in [-0.4, -0.2) is 41.0 Å². The van der Waals surface area contributed by atoms with Crippen LogP contribution >= 0.6 is 0 Å². The molecule has 1 aromatic rings. The third-order valence-corrected chi connectivity index (χ3v) is 4.95. The van der Waals surface area contributed by atoms with Gasteiger partial charge in [-0.15, -0.1) is 0 Å². The summed E-state index contributed by atoms with van der Waals surface area (Å²) >= 11 is 0. The van der Waals surface area contributed by atoms with Gasteiger partial charge in [-0.3, -0.25) is 19.4 Å². The molecule has 1 aliphatic carbocycles. The van der Waals surface area contributed by atoms with Crippen LogP contribution in [0.3, 0.4) is 0 Å². The molecule has 136 valence electrons. The summed E-state index contributed by atoms with van der Waals surface area (Å²) in [5.41, 5.74) is 1.97. The normalized spacial score (nSPS) is 19.4. The summed E-state index contributed by atoms with van der Waals surface area (Å²) in [5, 5.41) is 0. The summed E-state index contributed by atoms with van der Waals surface area (Å²) in [5.74, 6) is -0.308. The fraction of sp³-hybridized carbons (Fsp3) is 0.421. The van der Waals surface area contributed by atoms with E-state index in [1.165, 1.54) is 12.0 Å². The van der Waals surface area contributed by atoms with E-state index >= 15 is 0 Å². The topological polar surface area (TPSA) is 76.1 Å². The largest absolute Gasteiger partial charge is 0.454 e. The molecule has 0 bridgehead atoms. The first-order valence-electron chi connectivity index (χ1n) is 8.87. The zero-order valence-electron chi connectivity index (χ0n) is 14.4. The van der Waals surface area contributed by atoms with Crippen molar-refractivity contribution in [2.75, 3.05) is 13.3 Å². The standard InChI is InChI=1S/C19H20N2O5/c22-17-18(23)21(11-14-6-7-15-16(10-14)26-12-25-15)19(24)20(17)9-8-13-4-2-1-3-5-13/h4,6-7,10H,1-3,5,8-9,11-12H2. The maximum Gasteiger partial charge on any atom is 0.334 e. The van der Waals surface area contributed by atoms with E-state index in [4.69, 9.17) is 9.47 Å². The lowest BCUT2D eigenvalue weighted by atomic mass is 9.97. The highest BCUT2D eigenvalue weighted by Gasteiger charge is 2.44. The van der Waals surface area contributed by atoms with Crippen LogP contribution in [-0.2, 0) is 16.1 Å². The highest BCUT2D eigenvalue weighted by atomic mass is 16.7. The van der Waals surface area contributed by atoms with Gasteiger partial charge in [0.15, 0.2) is 11.5 Å². The van der Waals surface area contributed by atoms with Crippen LogP contribution in [0, 0.1) is 0 Å². The van der Waals surface area contributed by atoms with Gasteiger partial charge in [0, 0.05) is 6.54 Å². The second-order valence-corrected chi connectivity index (χ2v) is 6.68. The third-order valence-electron chi connectivity index (χ3n) is 4.95. The SMILES string of the molecule is O=C1C(=O)N(Cc2ccc3c(c2)OCO3)C(=O)N1CCC1=CCCCC1. The number of rotatable bonds is 5. The van der Waals surface area contributed by atoms with Crippen molar-refractivity contribution in [2.24, 2.45) is 0 Å². The lowest BCUT2D eigenvalue weighted by molar-refractivity contribution is -0.143. The van der Waals surface area contributed by atoms with Gasteiger partial charge in [-0.1, -0.05) is 17.7 Å². The number of hydrogen-bond acceptors (Lipinski definition) is 5. The number of benzene rings is 1. The molecule has 4 rings (SSSR count). The average molecular weight is 356 g/mol. The molecule has 7 heteroatoms. The molecular formula is C19H20N2O5. The molecular weight excluding hydrogens is 336 g/mol. The van der Waals surface area contributed by atoms with Crippen molar-refractivity contribution >= 4 is 17.8 Å². The van der Waals surface area contributed by atoms with Crippen LogP contribution in [0.5, 0.6) is 11.5 Å². The Kier molecular flexibility index (Phi) is 4.36. The molecule has 1 saturated heterocycles. The molecule has 0 spiro atoms. The predicted molar refractivity (Wildman–Crippen MR) is 91.4 cm³/mol. The molecule has 2 heterocycles. The Morgan fingerprint density at radius 1 is 0.962 bits per heavy atom. The molecule has 1 fully saturated rings. The number of allylic oxidation sites excluding steroid dienone is 1. The van der Waals surface area contributed by atoms with Crippen LogP contribution in [0.15, 0.2) is 29.8 Å². The van der Waals surface area contributed by atoms with Crippen molar-refractivity contribution in [2.45, 2.75) is 38.6 Å². The maximum absolute atomic E-state index is 12.6. The van der Waals surface area contributed by atoms with Crippen LogP contribution in [0.25, 0.3) is 0 Å². The van der Waals surface area contributed by atoms with Crippen LogP contribution in [0.4, 0.5) is 4.79 Å². The summed E-state index contributed by atoms with van der Waals surface area (Å²) in [6.07, 6.45) is 7.20. The fourth-order valence-corrected chi connectivity index (χ4v) is 3.50. The van der Waals surface area contributed by atoms with E-state index in [1.54, 1.807) is 18.2 Å². The average Bonchev–Trinajstić information content (AvgIpc) is 3.20. The number of hydrogen-bond donors (Lipinski definition) is 0. The fourth-order valence-electron chi connectivity index (χ4n) is 3.50. The van der Waals surface area contributed by atoms with Crippen LogP contribution in [0.1, 0.15) is 37.7 Å². The molecule has 1 aromatic carbocycles. The van der Waals surface area contributed by atoms with Gasteiger partial charge in [-0.25, -0.2) is 4.79 Å². The van der Waals surface area contributed by atoms with Crippen molar-refractivity contribution in [3.05, 3.63) is 35.4 Å². The minimum Gasteiger partial charge on any atom is -0.454 e. The van der Waals surface area contributed by atoms with E-state index in [0.717, 1.165) is 29.1 Å². The summed E-state index contributed by atoms with van der Waals surface area (Å²) in [6.45, 7) is 0.453. The minimum atomic E-state index is -0.773. The Morgan fingerprint density at radius 2 is 1.77 bits per heavy atom. The Morgan fingerprint density at radius 3 is 2.58 bits per heavy atom. The smallest absolute Gasteiger partial charge is 0.334 e. The van der Waals surface area contributed by atoms with Gasteiger partial charge in [0.05, 0.1) is 6.54 Å². The summed E-state index contributed by atoms with van der Waals surface area (Å²) in [6, 6.07) is 4.67. The lowest BCUT2D eigenvalue weighted by Crippen LogP contribution is -2.34. The number of imide groups is 2. The number of nitrogens with zero attached hydrogens (tertiary/aromatic N) is 2. The third kappa shape index (κ3) is 3.05. The van der Waals surface area contributed by atoms with Gasteiger partial charge < -0.3 is 9.47 Å². The number of urea groups is 1. The summed E-state index contributed by atoms with van der Waals surface area (Å²) in [4.78, 5) is 39.1. The Balaban J connectivity index is 1.44. The number of amides is 4. The first kappa shape index (κ1) is 16.6. The van der Waals surface area contributed by atoms with E-state index in [-0.39, 0.29) is 19.9 Å². The Hall–Kier alpha value is -2.83. The van der Waals surface area contributed by atoms with Gasteiger partial charge in [0.25, 0.3) is 0 Å². The van der Waals surface area contributed by atoms with Crippen molar-refractivity contribution < 1.29 is 23.9 Å². The monoisotopic (exact) mass is 356 g/mol. The minimum absolute atomic E-state index is 0.0409.